The first kappa shape index (κ1) is 19.3. The van der Waals surface area contributed by atoms with Crippen molar-refractivity contribution in [2.45, 2.75) is 25.7 Å². The van der Waals surface area contributed by atoms with Gasteiger partial charge in [0.25, 0.3) is 0 Å². The molecule has 0 saturated carbocycles. The third-order valence-corrected chi connectivity index (χ3v) is 6.17. The van der Waals surface area contributed by atoms with Crippen molar-refractivity contribution in [1.29, 1.82) is 0 Å². The average molecular weight is 414 g/mol. The van der Waals surface area contributed by atoms with Gasteiger partial charge in [0.15, 0.2) is 5.79 Å². The molecule has 31 heavy (non-hydrogen) atoms. The number of H-pyrrole nitrogens is 1. The van der Waals surface area contributed by atoms with E-state index in [0.29, 0.717) is 12.1 Å². The summed E-state index contributed by atoms with van der Waals surface area (Å²) in [7, 11) is 0. The highest BCUT2D eigenvalue weighted by atomic mass is 16.4. The van der Waals surface area contributed by atoms with Crippen molar-refractivity contribution in [1.82, 2.24) is 15.2 Å². The summed E-state index contributed by atoms with van der Waals surface area (Å²) in [5.41, 5.74) is 6.52. The van der Waals surface area contributed by atoms with Crippen LogP contribution in [0.3, 0.4) is 0 Å². The normalized spacial score (nSPS) is 20.7. The van der Waals surface area contributed by atoms with E-state index < -0.39 is 11.8 Å². The molecule has 7 heteroatoms. The van der Waals surface area contributed by atoms with Gasteiger partial charge < -0.3 is 15.4 Å². The van der Waals surface area contributed by atoms with Crippen LogP contribution in [0.5, 0.6) is 0 Å². The first-order valence-corrected chi connectivity index (χ1v) is 10.2. The van der Waals surface area contributed by atoms with E-state index in [9.17, 15) is 9.59 Å². The van der Waals surface area contributed by atoms with Gasteiger partial charge in [-0.3, -0.25) is 9.69 Å². The van der Waals surface area contributed by atoms with E-state index in [-0.39, 0.29) is 5.57 Å². The molecule has 2 aromatic carbocycles. The van der Waals surface area contributed by atoms with Gasteiger partial charge in [0, 0.05) is 54.1 Å². The smallest absolute Gasteiger partial charge is 0.338 e. The minimum Gasteiger partial charge on any atom is -0.478 e. The molecule has 3 aromatic rings. The average Bonchev–Trinajstić information content (AvgIpc) is 3.16. The van der Waals surface area contributed by atoms with Crippen molar-refractivity contribution < 1.29 is 14.7 Å². The van der Waals surface area contributed by atoms with Crippen molar-refractivity contribution in [3.8, 4) is 11.1 Å². The van der Waals surface area contributed by atoms with E-state index in [1.54, 1.807) is 0 Å². The molecule has 1 unspecified atom stereocenters. The third kappa shape index (κ3) is 3.33. The van der Waals surface area contributed by atoms with Crippen LogP contribution in [0, 0.1) is 0 Å². The van der Waals surface area contributed by atoms with Crippen molar-refractivity contribution in [2.75, 3.05) is 6.54 Å². The van der Waals surface area contributed by atoms with Crippen molar-refractivity contribution in [3.63, 3.8) is 0 Å². The van der Waals surface area contributed by atoms with E-state index in [0.717, 1.165) is 35.9 Å². The quantitative estimate of drug-likeness (QED) is 0.569. The van der Waals surface area contributed by atoms with E-state index in [4.69, 9.17) is 5.11 Å². The zero-order valence-electron chi connectivity index (χ0n) is 17.1. The molecule has 2 aliphatic heterocycles. The molecular formula is C24H22N4O3. The summed E-state index contributed by atoms with van der Waals surface area (Å²) in [6, 6.07) is 14.0. The van der Waals surface area contributed by atoms with Gasteiger partial charge in [-0.1, -0.05) is 30.3 Å². The zero-order chi connectivity index (χ0) is 21.6. The van der Waals surface area contributed by atoms with E-state index in [1.807, 2.05) is 31.2 Å². The summed E-state index contributed by atoms with van der Waals surface area (Å²) in [5.74, 6) is -1.69. The Bertz CT molecular complexity index is 1260. The Morgan fingerprint density at radius 1 is 1.19 bits per heavy atom. The van der Waals surface area contributed by atoms with Crippen LogP contribution in [0.15, 0.2) is 59.2 Å². The Labute approximate surface area is 179 Å². The number of nitrogens with one attached hydrogen (secondary N) is 2. The molecule has 0 fully saturated rings. The van der Waals surface area contributed by atoms with Crippen LogP contribution in [-0.2, 0) is 17.8 Å². The number of carboxylic acid groups (broad SMARTS) is 1. The van der Waals surface area contributed by atoms with Crippen LogP contribution in [0.4, 0.5) is 0 Å². The summed E-state index contributed by atoms with van der Waals surface area (Å²) in [6.45, 7) is 3.45. The van der Waals surface area contributed by atoms with Crippen molar-refractivity contribution in [2.24, 2.45) is 4.99 Å². The van der Waals surface area contributed by atoms with Gasteiger partial charge >= 0.3 is 5.97 Å². The number of aliphatic carboxylic acids is 1. The summed E-state index contributed by atoms with van der Waals surface area (Å²) >= 11 is 0. The molecule has 0 bridgehead atoms. The third-order valence-electron chi connectivity index (χ3n) is 6.17. The maximum Gasteiger partial charge on any atom is 0.338 e. The second-order valence-corrected chi connectivity index (χ2v) is 8.08. The maximum absolute atomic E-state index is 11.2. The highest BCUT2D eigenvalue weighted by Gasteiger charge is 2.35. The molecule has 7 nitrogen and oxygen atoms in total. The molecule has 3 N–H and O–H groups in total. The van der Waals surface area contributed by atoms with Crippen LogP contribution in [0.25, 0.3) is 22.0 Å². The zero-order valence-corrected chi connectivity index (χ0v) is 17.1. The van der Waals surface area contributed by atoms with Gasteiger partial charge in [-0.05, 0) is 35.7 Å². The Balaban J connectivity index is 1.47. The first-order chi connectivity index (χ1) is 15.0. The first-order valence-electron chi connectivity index (χ1n) is 10.2. The van der Waals surface area contributed by atoms with Gasteiger partial charge in [0.2, 0.25) is 0 Å². The number of rotatable bonds is 4. The number of aromatic amines is 1. The van der Waals surface area contributed by atoms with E-state index in [1.165, 1.54) is 29.1 Å². The van der Waals surface area contributed by atoms with Gasteiger partial charge in [-0.15, -0.1) is 0 Å². The lowest BCUT2D eigenvalue weighted by Gasteiger charge is -2.41. The summed E-state index contributed by atoms with van der Waals surface area (Å²) in [4.78, 5) is 32.4. The number of hydrogen-bond acceptors (Lipinski definition) is 5. The fourth-order valence-corrected chi connectivity index (χ4v) is 4.29. The Hall–Kier alpha value is -3.71. The fraction of sp³-hybridized carbons (Fsp3) is 0.208. The maximum atomic E-state index is 11.2. The number of carbonyl (C=O) groups is 2. The highest BCUT2D eigenvalue weighted by molar-refractivity contribution is 6.08. The summed E-state index contributed by atoms with van der Waals surface area (Å²) in [6.07, 6.45) is 4.64. The molecule has 0 amide bonds. The predicted octanol–water partition coefficient (Wildman–Crippen LogP) is 3.32. The van der Waals surface area contributed by atoms with Crippen LogP contribution in [0.2, 0.25) is 0 Å². The summed E-state index contributed by atoms with van der Waals surface area (Å²) in [5, 5.41) is 13.5. The molecule has 5 rings (SSSR count). The Kier molecular flexibility index (Phi) is 4.48. The summed E-state index contributed by atoms with van der Waals surface area (Å²) < 4.78 is 0. The van der Waals surface area contributed by atoms with E-state index in [2.05, 4.69) is 38.4 Å². The van der Waals surface area contributed by atoms with Gasteiger partial charge in [0.1, 0.15) is 6.29 Å². The number of fused-ring (bicyclic) bond motifs is 3. The van der Waals surface area contributed by atoms with Crippen molar-refractivity contribution in [3.05, 3.63) is 71.1 Å². The number of aliphatic imine (C=N–C) groups is 1. The second-order valence-electron chi connectivity index (χ2n) is 8.08. The number of benzene rings is 2. The topological polar surface area (TPSA) is 97.8 Å². The van der Waals surface area contributed by atoms with Crippen LogP contribution in [0.1, 0.15) is 28.5 Å². The lowest BCUT2D eigenvalue weighted by Crippen LogP contribution is -2.56. The van der Waals surface area contributed by atoms with Crippen LogP contribution in [-0.4, -0.2) is 45.8 Å². The molecule has 0 saturated heterocycles. The molecule has 3 heterocycles. The van der Waals surface area contributed by atoms with Crippen LogP contribution < -0.4 is 5.32 Å². The Morgan fingerprint density at radius 3 is 2.65 bits per heavy atom. The standard InChI is InChI=1S/C24H22N4O3/c1-24(25-11-18(12-26-24)23(30)31)28-9-8-22-20(13-28)19-10-17(6-7-21(19)27-22)16-4-2-15(14-29)3-5-16/h2-7,10-12,14,25,27H,8-9,13H2,1H3,(H,30,31). The minimum absolute atomic E-state index is 0.146. The fourth-order valence-electron chi connectivity index (χ4n) is 4.29. The monoisotopic (exact) mass is 414 g/mol. The number of hydrogen-bond donors (Lipinski definition) is 3. The number of carboxylic acids is 1. The highest BCUT2D eigenvalue weighted by Crippen LogP contribution is 2.34. The number of nitrogens with zero attached hydrogens (tertiary/aromatic N) is 2. The lowest BCUT2D eigenvalue weighted by atomic mass is 9.99. The minimum atomic E-state index is -0.996. The molecule has 0 radical (unpaired) electrons. The number of carbonyl (C=O) groups excluding carboxylic acids is 1. The van der Waals surface area contributed by atoms with Gasteiger partial charge in [0.05, 0.1) is 5.57 Å². The number of aldehydes is 1. The molecule has 1 atom stereocenters. The SMILES string of the molecule is CC1(N2CCc3[nH]c4ccc(-c5ccc(C=O)cc5)cc4c3C2)N=CC(C(=O)O)=CN1. The lowest BCUT2D eigenvalue weighted by molar-refractivity contribution is -0.132. The van der Waals surface area contributed by atoms with Crippen molar-refractivity contribution >= 4 is 29.4 Å². The molecule has 156 valence electrons. The Morgan fingerprint density at radius 2 is 1.97 bits per heavy atom. The van der Waals surface area contributed by atoms with Gasteiger partial charge in [-0.2, -0.15) is 0 Å². The number of aromatic nitrogens is 1. The predicted molar refractivity (Wildman–Crippen MR) is 119 cm³/mol. The molecule has 0 spiro atoms. The second kappa shape index (κ2) is 7.21. The largest absolute Gasteiger partial charge is 0.478 e. The van der Waals surface area contributed by atoms with Crippen LogP contribution >= 0.6 is 0 Å². The van der Waals surface area contributed by atoms with Gasteiger partial charge in [-0.25, -0.2) is 9.79 Å². The molecule has 1 aromatic heterocycles. The van der Waals surface area contributed by atoms with E-state index >= 15 is 0 Å². The molecule has 0 aliphatic carbocycles. The molecule has 2 aliphatic rings. The molecular weight excluding hydrogens is 392 g/mol.